The van der Waals surface area contributed by atoms with Crippen molar-refractivity contribution >= 4 is 11.7 Å². The maximum Gasteiger partial charge on any atom is 0.252 e. The average molecular weight is 280 g/mol. The minimum absolute atomic E-state index is 0.00294. The molecule has 112 valence electrons. The van der Waals surface area contributed by atoms with Crippen molar-refractivity contribution < 1.29 is 4.79 Å². The number of nitrogens with zero attached hydrogens (tertiary/aromatic N) is 2. The van der Waals surface area contributed by atoms with Crippen molar-refractivity contribution in [3.63, 3.8) is 0 Å². The van der Waals surface area contributed by atoms with E-state index in [4.69, 9.17) is 0 Å². The molecule has 1 aromatic heterocycles. The topological polar surface area (TPSA) is 78.1 Å². The third-order valence-corrected chi connectivity index (χ3v) is 3.12. The Balaban J connectivity index is 2.87. The van der Waals surface area contributed by atoms with Gasteiger partial charge in [0.25, 0.3) is 5.56 Å². The molecule has 0 aliphatic rings. The largest absolute Gasteiger partial charge is 0.358 e. The highest BCUT2D eigenvalue weighted by Gasteiger charge is 2.18. The highest BCUT2D eigenvalue weighted by Crippen LogP contribution is 2.10. The Kier molecular flexibility index (Phi) is 5.73. The summed E-state index contributed by atoms with van der Waals surface area (Å²) in [6.45, 7) is 10.9. The lowest BCUT2D eigenvalue weighted by Gasteiger charge is -2.23. The monoisotopic (exact) mass is 280 g/mol. The van der Waals surface area contributed by atoms with Crippen molar-refractivity contribution in [3.05, 3.63) is 22.2 Å². The first-order chi connectivity index (χ1) is 9.38. The van der Waals surface area contributed by atoms with Crippen LogP contribution in [0.4, 0.5) is 5.82 Å². The smallest absolute Gasteiger partial charge is 0.252 e. The molecule has 0 spiro atoms. The molecule has 0 radical (unpaired) electrons. The number of carbonyl (C=O) groups is 1. The summed E-state index contributed by atoms with van der Waals surface area (Å²) in [7, 11) is 0. The zero-order valence-electron chi connectivity index (χ0n) is 12.9. The molecule has 0 aliphatic heterocycles. The van der Waals surface area contributed by atoms with Gasteiger partial charge in [-0.25, -0.2) is 4.98 Å². The number of carbonyl (C=O) groups excluding carboxylic acids is 1. The van der Waals surface area contributed by atoms with Gasteiger partial charge in [0.2, 0.25) is 5.91 Å². The summed E-state index contributed by atoms with van der Waals surface area (Å²) in [5.74, 6) is 1.18. The van der Waals surface area contributed by atoms with Crippen LogP contribution in [0.25, 0.3) is 0 Å². The predicted octanol–water partition coefficient (Wildman–Crippen LogP) is 1.56. The van der Waals surface area contributed by atoms with Gasteiger partial charge in [0.05, 0.1) is 0 Å². The number of anilines is 1. The Hall–Kier alpha value is -1.85. The van der Waals surface area contributed by atoms with Gasteiger partial charge in [-0.05, 0) is 20.8 Å². The fourth-order valence-electron chi connectivity index (χ4n) is 1.92. The maximum absolute atomic E-state index is 12.2. The van der Waals surface area contributed by atoms with Crippen molar-refractivity contribution in [1.29, 1.82) is 0 Å². The van der Waals surface area contributed by atoms with E-state index in [2.05, 4.69) is 15.3 Å². The molecule has 0 saturated carbocycles. The van der Waals surface area contributed by atoms with Crippen LogP contribution in [0, 0.1) is 0 Å². The van der Waals surface area contributed by atoms with E-state index in [1.165, 1.54) is 6.07 Å². The number of rotatable bonds is 6. The number of nitrogens with one attached hydrogen (secondary N) is 2. The van der Waals surface area contributed by atoms with Gasteiger partial charge in [0, 0.05) is 25.1 Å². The van der Waals surface area contributed by atoms with Crippen LogP contribution in [0.3, 0.4) is 0 Å². The molecule has 20 heavy (non-hydrogen) atoms. The predicted molar refractivity (Wildman–Crippen MR) is 80.0 cm³/mol. The molecule has 0 fully saturated rings. The number of amides is 1. The minimum atomic E-state index is -0.413. The van der Waals surface area contributed by atoms with Crippen molar-refractivity contribution in [1.82, 2.24) is 14.9 Å². The summed E-state index contributed by atoms with van der Waals surface area (Å²) >= 11 is 0. The van der Waals surface area contributed by atoms with Gasteiger partial charge in [0.1, 0.15) is 17.7 Å². The second kappa shape index (κ2) is 7.07. The third kappa shape index (κ3) is 4.08. The van der Waals surface area contributed by atoms with Crippen molar-refractivity contribution in [3.8, 4) is 0 Å². The van der Waals surface area contributed by atoms with Crippen LogP contribution >= 0.6 is 0 Å². The Morgan fingerprint density at radius 2 is 1.95 bits per heavy atom. The number of H-pyrrole nitrogens is 1. The minimum Gasteiger partial charge on any atom is -0.358 e. The number of hydrogen-bond donors (Lipinski definition) is 2. The first-order valence-corrected chi connectivity index (χ1v) is 7.05. The van der Waals surface area contributed by atoms with Crippen LogP contribution in [0.15, 0.2) is 10.9 Å². The summed E-state index contributed by atoms with van der Waals surface area (Å²) < 4.78 is 0. The van der Waals surface area contributed by atoms with Gasteiger partial charge < -0.3 is 15.2 Å². The maximum atomic E-state index is 12.2. The van der Waals surface area contributed by atoms with Crippen LogP contribution in [0.5, 0.6) is 0 Å². The van der Waals surface area contributed by atoms with Crippen molar-refractivity contribution in [2.45, 2.75) is 46.6 Å². The molecule has 0 saturated heterocycles. The molecular weight excluding hydrogens is 256 g/mol. The molecular formula is C14H24N4O2. The molecule has 1 heterocycles. The molecule has 2 N–H and O–H groups in total. The van der Waals surface area contributed by atoms with Gasteiger partial charge in [-0.3, -0.25) is 9.59 Å². The Morgan fingerprint density at radius 3 is 2.45 bits per heavy atom. The number of likely N-dealkylation sites (N-methyl/N-ethyl adjacent to an activating group) is 1. The lowest BCUT2D eigenvalue weighted by Crippen LogP contribution is -2.41. The molecule has 6 nitrogen and oxygen atoms in total. The van der Waals surface area contributed by atoms with Gasteiger partial charge >= 0.3 is 0 Å². The standard InChI is InChI=1S/C14H24N4O2/c1-6-18(7-2)14(20)10(5)15-11-8-12(19)17-13(16-11)9(3)4/h8-10H,6-7H2,1-5H3,(H2,15,16,17,19). The Bertz CT molecular complexity index is 506. The van der Waals surface area contributed by atoms with E-state index in [9.17, 15) is 9.59 Å². The molecule has 1 atom stereocenters. The highest BCUT2D eigenvalue weighted by atomic mass is 16.2. The van der Waals surface area contributed by atoms with E-state index in [1.54, 1.807) is 11.8 Å². The van der Waals surface area contributed by atoms with E-state index in [0.717, 1.165) is 0 Å². The van der Waals surface area contributed by atoms with Crippen molar-refractivity contribution in [2.75, 3.05) is 18.4 Å². The summed E-state index contributed by atoms with van der Waals surface area (Å²) in [4.78, 5) is 32.5. The quantitative estimate of drug-likeness (QED) is 0.829. The molecule has 0 aliphatic carbocycles. The fraction of sp³-hybridized carbons (Fsp3) is 0.643. The SMILES string of the molecule is CCN(CC)C(=O)C(C)Nc1cc(=O)[nH]c(C(C)C)n1. The number of hydrogen-bond acceptors (Lipinski definition) is 4. The summed E-state index contributed by atoms with van der Waals surface area (Å²) in [6, 6.07) is 0.960. The molecule has 1 amide bonds. The van der Waals surface area contributed by atoms with Crippen molar-refractivity contribution in [2.24, 2.45) is 0 Å². The number of aromatic nitrogens is 2. The van der Waals surface area contributed by atoms with E-state index >= 15 is 0 Å². The molecule has 6 heteroatoms. The van der Waals surface area contributed by atoms with Crippen LogP contribution in [0.2, 0.25) is 0 Å². The van der Waals surface area contributed by atoms with E-state index in [-0.39, 0.29) is 17.4 Å². The molecule has 1 rings (SSSR count). The fourth-order valence-corrected chi connectivity index (χ4v) is 1.92. The van der Waals surface area contributed by atoms with E-state index < -0.39 is 6.04 Å². The van der Waals surface area contributed by atoms with Gasteiger partial charge in [-0.2, -0.15) is 0 Å². The Labute approximate surface area is 119 Å². The molecule has 0 aromatic carbocycles. The summed E-state index contributed by atoms with van der Waals surface area (Å²) in [5, 5.41) is 3.00. The highest BCUT2D eigenvalue weighted by molar-refractivity contribution is 5.83. The van der Waals surface area contributed by atoms with Gasteiger partial charge in [-0.15, -0.1) is 0 Å². The van der Waals surface area contributed by atoms with Crippen LogP contribution in [-0.4, -0.2) is 39.9 Å². The van der Waals surface area contributed by atoms with Crippen LogP contribution in [0.1, 0.15) is 46.4 Å². The van der Waals surface area contributed by atoms with E-state index in [0.29, 0.717) is 24.7 Å². The number of aromatic amines is 1. The zero-order valence-corrected chi connectivity index (χ0v) is 12.9. The zero-order chi connectivity index (χ0) is 15.3. The third-order valence-electron chi connectivity index (χ3n) is 3.12. The van der Waals surface area contributed by atoms with Gasteiger partial charge in [0.15, 0.2) is 0 Å². The summed E-state index contributed by atoms with van der Waals surface area (Å²) in [5.41, 5.74) is -0.214. The Morgan fingerprint density at radius 1 is 1.35 bits per heavy atom. The second-order valence-electron chi connectivity index (χ2n) is 5.05. The molecule has 1 unspecified atom stereocenters. The normalized spacial score (nSPS) is 12.3. The average Bonchev–Trinajstić information content (AvgIpc) is 2.39. The molecule has 1 aromatic rings. The summed E-state index contributed by atoms with van der Waals surface area (Å²) in [6.07, 6.45) is 0. The van der Waals surface area contributed by atoms with Crippen LogP contribution < -0.4 is 10.9 Å². The lowest BCUT2D eigenvalue weighted by molar-refractivity contribution is -0.131. The first kappa shape index (κ1) is 16.2. The van der Waals surface area contributed by atoms with E-state index in [1.807, 2.05) is 27.7 Å². The van der Waals surface area contributed by atoms with Crippen LogP contribution in [-0.2, 0) is 4.79 Å². The molecule has 0 bridgehead atoms. The lowest BCUT2D eigenvalue weighted by atomic mass is 10.2. The second-order valence-corrected chi connectivity index (χ2v) is 5.05. The van der Waals surface area contributed by atoms with Gasteiger partial charge in [-0.1, -0.05) is 13.8 Å². The first-order valence-electron chi connectivity index (χ1n) is 7.05.